The van der Waals surface area contributed by atoms with E-state index < -0.39 is 0 Å². The third-order valence-electron chi connectivity index (χ3n) is 2.34. The first-order valence-corrected chi connectivity index (χ1v) is 7.36. The van der Waals surface area contributed by atoms with Gasteiger partial charge in [-0.2, -0.15) is 0 Å². The van der Waals surface area contributed by atoms with Gasteiger partial charge in [-0.3, -0.25) is 0 Å². The fourth-order valence-corrected chi connectivity index (χ4v) is 3.20. The average molecular weight is 283 g/mol. The fourth-order valence-electron chi connectivity index (χ4n) is 1.56. The van der Waals surface area contributed by atoms with Crippen LogP contribution in [0.2, 0.25) is 0 Å². The molecular weight excluding hydrogens is 267 g/mol. The summed E-state index contributed by atoms with van der Waals surface area (Å²) in [5.74, 6) is 0. The van der Waals surface area contributed by atoms with Gasteiger partial charge in [0, 0.05) is 0 Å². The van der Waals surface area contributed by atoms with Crippen molar-refractivity contribution < 1.29 is 9.47 Å². The van der Waals surface area contributed by atoms with Crippen molar-refractivity contribution in [3.05, 3.63) is 40.9 Å². The second-order valence-electron chi connectivity index (χ2n) is 3.61. The van der Waals surface area contributed by atoms with E-state index >= 15 is 0 Å². The predicted molar refractivity (Wildman–Crippen MR) is 65.9 cm³/mol. The fraction of sp³-hybridized carbons (Fsp3) is 0.385. The third-order valence-corrected chi connectivity index (χ3v) is 4.43. The van der Waals surface area contributed by atoms with Gasteiger partial charge in [0.05, 0.1) is 0 Å². The number of hydrogen-bond acceptors (Lipinski definition) is 2. The van der Waals surface area contributed by atoms with Crippen molar-refractivity contribution >= 4 is 19.4 Å². The van der Waals surface area contributed by atoms with Crippen molar-refractivity contribution in [2.45, 2.75) is 19.6 Å². The van der Waals surface area contributed by atoms with Gasteiger partial charge in [-0.05, 0) is 0 Å². The minimum absolute atomic E-state index is 0.0113. The molecule has 1 fully saturated rings. The first kappa shape index (κ1) is 11.9. The molecule has 1 saturated heterocycles. The van der Waals surface area contributed by atoms with E-state index in [1.165, 1.54) is 10.0 Å². The zero-order valence-electron chi connectivity index (χ0n) is 9.39. The first-order chi connectivity index (χ1) is 7.88. The van der Waals surface area contributed by atoms with Crippen molar-refractivity contribution in [1.82, 2.24) is 0 Å². The molecule has 0 spiro atoms. The van der Waals surface area contributed by atoms with Crippen LogP contribution < -0.4 is 4.46 Å². The Morgan fingerprint density at radius 2 is 2.25 bits per heavy atom. The monoisotopic (exact) mass is 284 g/mol. The Morgan fingerprint density at radius 1 is 1.44 bits per heavy atom. The molecule has 0 bridgehead atoms. The third kappa shape index (κ3) is 3.46. The Bertz CT molecular complexity index is 348. The number of hydrogen-bond donors (Lipinski definition) is 0. The number of ether oxygens (including phenoxy) is 2. The maximum atomic E-state index is 5.51. The van der Waals surface area contributed by atoms with E-state index in [0.717, 1.165) is 19.6 Å². The van der Waals surface area contributed by atoms with Crippen LogP contribution in [0, 0.1) is 0 Å². The molecule has 2 rings (SSSR count). The zero-order chi connectivity index (χ0) is 11.2. The van der Waals surface area contributed by atoms with Gasteiger partial charge in [0.15, 0.2) is 0 Å². The summed E-state index contributed by atoms with van der Waals surface area (Å²) in [5.41, 5.74) is 1.38. The second-order valence-corrected chi connectivity index (χ2v) is 5.59. The van der Waals surface area contributed by atoms with Gasteiger partial charge in [-0.25, -0.2) is 0 Å². The molecule has 0 aliphatic carbocycles. The normalized spacial score (nSPS) is 22.8. The van der Waals surface area contributed by atoms with E-state index in [0.29, 0.717) is 15.0 Å². The zero-order valence-corrected chi connectivity index (χ0v) is 11.1. The molecule has 3 heteroatoms. The van der Waals surface area contributed by atoms with Gasteiger partial charge >= 0.3 is 103 Å². The predicted octanol–water partition coefficient (Wildman–Crippen LogP) is 1.68. The van der Waals surface area contributed by atoms with Crippen molar-refractivity contribution in [3.8, 4) is 0 Å². The standard InChI is InChI=1S/C13H16O2Se/c1-2-14-13-8-11(9-15-13)10-16-12-6-4-3-5-7-12/h3-7,10,13H,2,8-9H2,1H3/b11-10-. The SMILES string of the molecule is CCOC1C/C(=C/[Se]c2ccccc2)CO1. The molecular formula is C13H16O2Se. The van der Waals surface area contributed by atoms with Crippen LogP contribution in [0.3, 0.4) is 0 Å². The summed E-state index contributed by atoms with van der Waals surface area (Å²) < 4.78 is 12.3. The van der Waals surface area contributed by atoms with Crippen LogP contribution in [0.1, 0.15) is 13.3 Å². The molecule has 86 valence electrons. The molecule has 1 aromatic carbocycles. The molecule has 2 nitrogen and oxygen atoms in total. The first-order valence-electron chi connectivity index (χ1n) is 5.51. The molecule has 0 N–H and O–H groups in total. The molecule has 1 aromatic rings. The van der Waals surface area contributed by atoms with Crippen LogP contribution in [0.5, 0.6) is 0 Å². The summed E-state index contributed by atoms with van der Waals surface area (Å²) in [4.78, 5) is 2.32. The Balaban J connectivity index is 1.85. The van der Waals surface area contributed by atoms with E-state index in [2.05, 4.69) is 35.3 Å². The average Bonchev–Trinajstić information content (AvgIpc) is 2.76. The van der Waals surface area contributed by atoms with E-state index in [1.54, 1.807) is 0 Å². The summed E-state index contributed by atoms with van der Waals surface area (Å²) in [6.07, 6.45) is 0.922. The summed E-state index contributed by atoms with van der Waals surface area (Å²) >= 11 is 0.418. The Kier molecular flexibility index (Phi) is 4.61. The molecule has 0 saturated carbocycles. The Morgan fingerprint density at radius 3 is 3.00 bits per heavy atom. The van der Waals surface area contributed by atoms with Gasteiger partial charge in [0.2, 0.25) is 0 Å². The Hall–Kier alpha value is -0.601. The van der Waals surface area contributed by atoms with Crippen molar-refractivity contribution in [2.75, 3.05) is 13.2 Å². The molecule has 16 heavy (non-hydrogen) atoms. The molecule has 0 aromatic heterocycles. The molecule has 0 radical (unpaired) electrons. The van der Waals surface area contributed by atoms with Crippen LogP contribution in [0.15, 0.2) is 40.9 Å². The van der Waals surface area contributed by atoms with Gasteiger partial charge in [0.1, 0.15) is 0 Å². The molecule has 1 aliphatic heterocycles. The van der Waals surface area contributed by atoms with E-state index in [4.69, 9.17) is 9.47 Å². The van der Waals surface area contributed by atoms with Crippen LogP contribution in [0.4, 0.5) is 0 Å². The number of benzene rings is 1. The molecule has 1 aliphatic rings. The van der Waals surface area contributed by atoms with E-state index in [-0.39, 0.29) is 6.29 Å². The summed E-state index contributed by atoms with van der Waals surface area (Å²) in [7, 11) is 0. The molecule has 0 amide bonds. The van der Waals surface area contributed by atoms with Gasteiger partial charge < -0.3 is 0 Å². The summed E-state index contributed by atoms with van der Waals surface area (Å²) in [6.45, 7) is 3.46. The van der Waals surface area contributed by atoms with E-state index in [1.807, 2.05) is 6.92 Å². The second kappa shape index (κ2) is 6.21. The van der Waals surface area contributed by atoms with Crippen molar-refractivity contribution in [3.63, 3.8) is 0 Å². The van der Waals surface area contributed by atoms with Crippen LogP contribution in [-0.2, 0) is 9.47 Å². The van der Waals surface area contributed by atoms with Crippen molar-refractivity contribution in [1.29, 1.82) is 0 Å². The summed E-state index contributed by atoms with van der Waals surface area (Å²) in [6, 6.07) is 10.6. The molecule has 1 unspecified atom stereocenters. The minimum atomic E-state index is -0.0113. The van der Waals surface area contributed by atoms with Gasteiger partial charge in [0.25, 0.3) is 0 Å². The van der Waals surface area contributed by atoms with Crippen molar-refractivity contribution in [2.24, 2.45) is 0 Å². The molecule has 1 atom stereocenters. The Labute approximate surface area is 103 Å². The molecule has 1 heterocycles. The van der Waals surface area contributed by atoms with Gasteiger partial charge in [-0.1, -0.05) is 0 Å². The maximum absolute atomic E-state index is 5.51. The van der Waals surface area contributed by atoms with Gasteiger partial charge in [-0.15, -0.1) is 0 Å². The topological polar surface area (TPSA) is 18.5 Å². The van der Waals surface area contributed by atoms with Crippen LogP contribution in [0.25, 0.3) is 0 Å². The quantitative estimate of drug-likeness (QED) is 0.783. The van der Waals surface area contributed by atoms with Crippen LogP contribution in [-0.4, -0.2) is 34.5 Å². The number of rotatable bonds is 4. The summed E-state index contributed by atoms with van der Waals surface area (Å²) in [5, 5.41) is 0. The van der Waals surface area contributed by atoms with Crippen LogP contribution >= 0.6 is 0 Å². The van der Waals surface area contributed by atoms with E-state index in [9.17, 15) is 0 Å².